The van der Waals surface area contributed by atoms with Crippen molar-refractivity contribution >= 4 is 56.8 Å². The maximum absolute atomic E-state index is 6.79. The first-order valence-electron chi connectivity index (χ1n) is 22.8. The van der Waals surface area contributed by atoms with Gasteiger partial charge in [0.05, 0.1) is 0 Å². The van der Waals surface area contributed by atoms with Crippen LogP contribution in [-0.4, -0.2) is 15.0 Å². The third-order valence-electron chi connectivity index (χ3n) is 12.8. The van der Waals surface area contributed by atoms with Gasteiger partial charge in [0.25, 0.3) is 0 Å². The van der Waals surface area contributed by atoms with Crippen LogP contribution in [0.25, 0.3) is 94.7 Å². The van der Waals surface area contributed by atoms with E-state index in [1.54, 1.807) is 0 Å². The molecule has 2 aromatic heterocycles. The van der Waals surface area contributed by atoms with Gasteiger partial charge < -0.3 is 4.42 Å². The zero-order chi connectivity index (χ0) is 43.8. The molecule has 0 saturated heterocycles. The third-order valence-corrected chi connectivity index (χ3v) is 15.4. The number of hydrogen-bond acceptors (Lipinski definition) is 4. The van der Waals surface area contributed by atoms with Crippen molar-refractivity contribution < 1.29 is 4.42 Å². The number of nitrogens with zero attached hydrogens (tertiary/aromatic N) is 3. The van der Waals surface area contributed by atoms with Gasteiger partial charge in [0.2, 0.25) is 0 Å². The molecule has 314 valence electrons. The molecule has 0 saturated carbocycles. The molecule has 0 N–H and O–H groups in total. The lowest BCUT2D eigenvalue weighted by molar-refractivity contribution is 0.673. The Morgan fingerprint density at radius 1 is 0.439 bits per heavy atom. The number of rotatable bonds is 9. The van der Waals surface area contributed by atoms with Crippen molar-refractivity contribution in [1.82, 2.24) is 15.0 Å². The van der Waals surface area contributed by atoms with Gasteiger partial charge in [-0.3, -0.25) is 0 Å². The molecule has 0 fully saturated rings. The Bertz CT molecular complexity index is 3570. The number of furan rings is 1. The molecular weight excluding hydrogens is 822 g/mol. The van der Waals surface area contributed by atoms with Crippen LogP contribution in [0.4, 0.5) is 0 Å². The maximum atomic E-state index is 6.79. The van der Waals surface area contributed by atoms with Crippen LogP contribution >= 0.6 is 7.92 Å². The van der Waals surface area contributed by atoms with E-state index in [2.05, 4.69) is 200 Å². The van der Waals surface area contributed by atoms with Gasteiger partial charge in [0, 0.05) is 32.8 Å². The van der Waals surface area contributed by atoms with Crippen LogP contribution < -0.4 is 10.6 Å². The summed E-state index contributed by atoms with van der Waals surface area (Å²) >= 11 is 0. The fraction of sp³-hybridized carbons (Fsp3) is 0.0656. The van der Waals surface area contributed by atoms with Crippen LogP contribution in [0.3, 0.4) is 0 Å². The highest BCUT2D eigenvalue weighted by Crippen LogP contribution is 2.47. The van der Waals surface area contributed by atoms with Crippen molar-refractivity contribution in [3.63, 3.8) is 0 Å². The van der Waals surface area contributed by atoms with Gasteiger partial charge in [0.15, 0.2) is 17.5 Å². The standard InChI is InChI=1S/C61H44N3OP/c1-5-17-41(18-6-1)46-21-15-22-47(39-46)61-63-59(44-19-7-2-8-20-44)62-60(64-61)45-33-31-42(32-34-45)51-29-16-30-56-57(51)55-40-54(52-27-13-14-28-53(52)58(55)65-56)43-35-37-50(38-36-43)66(48-23-9-3-10-24-48)49-25-11-4-12-26-49/h2-5,7-11,13-25,27-40H,1,6,12,26H2. The maximum Gasteiger partial charge on any atom is 0.164 e. The van der Waals surface area contributed by atoms with Gasteiger partial charge >= 0.3 is 0 Å². The molecule has 66 heavy (non-hydrogen) atoms. The van der Waals surface area contributed by atoms with E-state index in [4.69, 9.17) is 19.4 Å². The Hall–Kier alpha value is -7.78. The summed E-state index contributed by atoms with van der Waals surface area (Å²) in [7, 11) is -0.625. The van der Waals surface area contributed by atoms with Crippen molar-refractivity contribution in [3.8, 4) is 56.4 Å². The Balaban J connectivity index is 0.938. The first-order valence-corrected chi connectivity index (χ1v) is 24.1. The van der Waals surface area contributed by atoms with Crippen molar-refractivity contribution in [2.75, 3.05) is 0 Å². The molecule has 0 spiro atoms. The molecule has 0 radical (unpaired) electrons. The first kappa shape index (κ1) is 39.8. The third kappa shape index (κ3) is 7.50. The van der Waals surface area contributed by atoms with Gasteiger partial charge in [-0.1, -0.05) is 200 Å². The summed E-state index contributed by atoms with van der Waals surface area (Å²) < 4.78 is 6.79. The molecule has 10 aromatic rings. The molecule has 4 nitrogen and oxygen atoms in total. The number of fused-ring (bicyclic) bond motifs is 5. The smallest absolute Gasteiger partial charge is 0.164 e. The van der Waals surface area contributed by atoms with Crippen LogP contribution in [0, 0.1) is 0 Å². The number of aromatic nitrogens is 3. The summed E-state index contributed by atoms with van der Waals surface area (Å²) in [4.78, 5) is 15.2. The summed E-state index contributed by atoms with van der Waals surface area (Å²) in [5.41, 5.74) is 11.6. The molecule has 0 bridgehead atoms. The van der Waals surface area contributed by atoms with Gasteiger partial charge in [0.1, 0.15) is 11.2 Å². The van der Waals surface area contributed by atoms with Crippen LogP contribution in [-0.2, 0) is 0 Å². The molecule has 1 unspecified atom stereocenters. The van der Waals surface area contributed by atoms with E-state index >= 15 is 0 Å². The zero-order valence-corrected chi connectivity index (χ0v) is 37.2. The summed E-state index contributed by atoms with van der Waals surface area (Å²) in [6.07, 6.45) is 17.9. The summed E-state index contributed by atoms with van der Waals surface area (Å²) in [6.45, 7) is 0. The summed E-state index contributed by atoms with van der Waals surface area (Å²) in [5.74, 6) is 1.92. The minimum atomic E-state index is -0.625. The Kier molecular flexibility index (Phi) is 10.4. The first-order chi connectivity index (χ1) is 32.7. The second-order valence-corrected chi connectivity index (χ2v) is 19.2. The van der Waals surface area contributed by atoms with Crippen LogP contribution in [0.15, 0.2) is 228 Å². The van der Waals surface area contributed by atoms with E-state index in [1.807, 2.05) is 18.2 Å². The van der Waals surface area contributed by atoms with Crippen molar-refractivity contribution in [3.05, 3.63) is 229 Å². The average molecular weight is 866 g/mol. The van der Waals surface area contributed by atoms with Gasteiger partial charge in [-0.2, -0.15) is 0 Å². The van der Waals surface area contributed by atoms with Crippen LogP contribution in [0.1, 0.15) is 31.2 Å². The highest BCUT2D eigenvalue weighted by molar-refractivity contribution is 7.76. The Morgan fingerprint density at radius 3 is 1.80 bits per heavy atom. The SMILES string of the molecule is C1=CCCC(P(c2ccccc2)c2ccc(-c3cc4c(oc5cccc(-c6ccc(-c7nc(-c8ccccc8)nc(-c8cccc(C9=CCCC=C9)c8)n7)cc6)c54)c4ccccc34)cc2)=C1. The van der Waals surface area contributed by atoms with Gasteiger partial charge in [-0.25, -0.2) is 15.0 Å². The second-order valence-electron chi connectivity index (χ2n) is 16.9. The van der Waals surface area contributed by atoms with Crippen LogP contribution in [0.2, 0.25) is 0 Å². The molecule has 2 aliphatic carbocycles. The molecule has 5 heteroatoms. The minimum absolute atomic E-state index is 0.625. The predicted octanol–water partition coefficient (Wildman–Crippen LogP) is 15.7. The fourth-order valence-electron chi connectivity index (χ4n) is 9.57. The Morgan fingerprint density at radius 2 is 1.06 bits per heavy atom. The molecule has 2 heterocycles. The lowest BCUT2D eigenvalue weighted by Crippen LogP contribution is -2.13. The van der Waals surface area contributed by atoms with Gasteiger partial charge in [-0.05, 0) is 107 Å². The molecule has 0 aliphatic heterocycles. The summed E-state index contributed by atoms with van der Waals surface area (Å²) in [6, 6.07) is 65.1. The minimum Gasteiger partial charge on any atom is -0.455 e. The summed E-state index contributed by atoms with van der Waals surface area (Å²) in [5, 5.41) is 8.76. The van der Waals surface area contributed by atoms with E-state index in [1.165, 1.54) is 38.0 Å². The quantitative estimate of drug-likeness (QED) is 0.136. The van der Waals surface area contributed by atoms with E-state index in [0.717, 1.165) is 86.4 Å². The van der Waals surface area contributed by atoms with Crippen molar-refractivity contribution in [2.24, 2.45) is 0 Å². The largest absolute Gasteiger partial charge is 0.455 e. The number of benzene rings is 8. The molecule has 12 rings (SSSR count). The molecule has 1 atom stereocenters. The lowest BCUT2D eigenvalue weighted by atomic mass is 9.93. The molecule has 2 aliphatic rings. The molecular formula is C61H44N3OP. The monoisotopic (exact) mass is 865 g/mol. The molecule has 8 aromatic carbocycles. The normalized spacial score (nSPS) is 14.1. The second kappa shape index (κ2) is 17.3. The predicted molar refractivity (Wildman–Crippen MR) is 277 cm³/mol. The number of hydrogen-bond donors (Lipinski definition) is 0. The van der Waals surface area contributed by atoms with E-state index < -0.39 is 7.92 Å². The van der Waals surface area contributed by atoms with E-state index in [-0.39, 0.29) is 0 Å². The topological polar surface area (TPSA) is 51.8 Å². The van der Waals surface area contributed by atoms with E-state index in [0.29, 0.717) is 17.5 Å². The highest BCUT2D eigenvalue weighted by atomic mass is 31.1. The number of allylic oxidation sites excluding steroid dienone is 8. The molecule has 0 amide bonds. The Labute approximate surface area is 385 Å². The lowest BCUT2D eigenvalue weighted by Gasteiger charge is -2.23. The van der Waals surface area contributed by atoms with Crippen molar-refractivity contribution in [2.45, 2.75) is 25.7 Å². The van der Waals surface area contributed by atoms with Crippen molar-refractivity contribution in [1.29, 1.82) is 0 Å². The zero-order valence-electron chi connectivity index (χ0n) is 36.3. The van der Waals surface area contributed by atoms with E-state index in [9.17, 15) is 0 Å². The van der Waals surface area contributed by atoms with Gasteiger partial charge in [-0.15, -0.1) is 0 Å². The van der Waals surface area contributed by atoms with Crippen LogP contribution in [0.5, 0.6) is 0 Å². The fourth-order valence-corrected chi connectivity index (χ4v) is 12.0. The average Bonchev–Trinajstić information content (AvgIpc) is 3.79. The highest BCUT2D eigenvalue weighted by Gasteiger charge is 2.22.